The highest BCUT2D eigenvalue weighted by Gasteiger charge is 2.09. The molecule has 0 saturated heterocycles. The first kappa shape index (κ1) is 12.7. The Bertz CT molecular complexity index is 620. The van der Waals surface area contributed by atoms with E-state index >= 15 is 0 Å². The van der Waals surface area contributed by atoms with E-state index in [1.807, 2.05) is 6.07 Å². The van der Waals surface area contributed by atoms with Gasteiger partial charge in [0.1, 0.15) is 11.8 Å². The van der Waals surface area contributed by atoms with Gasteiger partial charge in [0, 0.05) is 21.7 Å². The van der Waals surface area contributed by atoms with Gasteiger partial charge in [-0.05, 0) is 30.3 Å². The molecule has 0 aliphatic carbocycles. The summed E-state index contributed by atoms with van der Waals surface area (Å²) in [5, 5.41) is 9.52. The summed E-state index contributed by atoms with van der Waals surface area (Å²) in [6.45, 7) is 0. The molecule has 18 heavy (non-hydrogen) atoms. The van der Waals surface area contributed by atoms with Crippen molar-refractivity contribution in [1.82, 2.24) is 4.98 Å². The largest absolute Gasteiger partial charge is 0.254 e. The first-order valence-electron chi connectivity index (χ1n) is 5.18. The number of rotatable bonds is 3. The molecular formula is C13H9ClN2OS. The van der Waals surface area contributed by atoms with Crippen molar-refractivity contribution in [2.75, 3.05) is 0 Å². The van der Waals surface area contributed by atoms with Gasteiger partial charge >= 0.3 is 0 Å². The monoisotopic (exact) mass is 276 g/mol. The molecule has 0 N–H and O–H groups in total. The van der Waals surface area contributed by atoms with E-state index in [2.05, 4.69) is 4.98 Å². The van der Waals surface area contributed by atoms with Crippen LogP contribution in [0.15, 0.2) is 47.5 Å². The van der Waals surface area contributed by atoms with Gasteiger partial charge in [0.2, 0.25) is 0 Å². The van der Waals surface area contributed by atoms with E-state index in [9.17, 15) is 4.21 Å². The molecular weight excluding hydrogens is 268 g/mol. The van der Waals surface area contributed by atoms with Crippen LogP contribution in [0.4, 0.5) is 0 Å². The predicted octanol–water partition coefficient (Wildman–Crippen LogP) is 2.91. The lowest BCUT2D eigenvalue weighted by atomic mass is 10.2. The van der Waals surface area contributed by atoms with Crippen LogP contribution in [0.5, 0.6) is 0 Å². The van der Waals surface area contributed by atoms with E-state index in [0.717, 1.165) is 0 Å². The van der Waals surface area contributed by atoms with E-state index in [4.69, 9.17) is 16.9 Å². The Balaban J connectivity index is 2.22. The molecule has 1 aromatic heterocycles. The summed E-state index contributed by atoms with van der Waals surface area (Å²) < 4.78 is 12.1. The zero-order valence-electron chi connectivity index (χ0n) is 9.34. The van der Waals surface area contributed by atoms with Gasteiger partial charge in [0.25, 0.3) is 0 Å². The summed E-state index contributed by atoms with van der Waals surface area (Å²) in [5.41, 5.74) is 1.01. The summed E-state index contributed by atoms with van der Waals surface area (Å²) in [7, 11) is -1.20. The average Bonchev–Trinajstić information content (AvgIpc) is 2.40. The lowest BCUT2D eigenvalue weighted by Crippen LogP contribution is -2.00. The summed E-state index contributed by atoms with van der Waals surface area (Å²) in [4.78, 5) is 4.63. The topological polar surface area (TPSA) is 53.8 Å². The molecule has 0 aliphatic heterocycles. The van der Waals surface area contributed by atoms with E-state index in [0.29, 0.717) is 21.2 Å². The summed E-state index contributed by atoms with van der Waals surface area (Å²) >= 11 is 5.77. The average molecular weight is 277 g/mol. The molecule has 2 rings (SSSR count). The maximum Gasteiger partial charge on any atom is 0.144 e. The molecule has 2 aromatic rings. The van der Waals surface area contributed by atoms with Crippen LogP contribution >= 0.6 is 11.6 Å². The summed E-state index contributed by atoms with van der Waals surface area (Å²) in [6, 6.07) is 12.3. The normalized spacial score (nSPS) is 11.8. The standard InChI is InChI=1S/C13H9ClN2OS/c14-11-3-5-12(6-4-11)18(17)9-10-2-1-7-16-13(10)8-15/h1-7H,9H2. The number of benzene rings is 1. The highest BCUT2D eigenvalue weighted by Crippen LogP contribution is 2.16. The first-order valence-corrected chi connectivity index (χ1v) is 6.88. The highest BCUT2D eigenvalue weighted by molar-refractivity contribution is 7.84. The fraction of sp³-hybridized carbons (Fsp3) is 0.0769. The van der Waals surface area contributed by atoms with Crippen LogP contribution in [0.3, 0.4) is 0 Å². The van der Waals surface area contributed by atoms with Crippen molar-refractivity contribution >= 4 is 22.4 Å². The zero-order chi connectivity index (χ0) is 13.0. The Hall–Kier alpha value is -1.70. The van der Waals surface area contributed by atoms with Gasteiger partial charge in [-0.25, -0.2) is 4.98 Å². The van der Waals surface area contributed by atoms with E-state index in [1.165, 1.54) is 0 Å². The summed E-state index contributed by atoms with van der Waals surface area (Å²) in [5.74, 6) is 0.276. The molecule has 3 nitrogen and oxygen atoms in total. The second-order valence-corrected chi connectivity index (χ2v) is 5.45. The molecule has 1 aromatic carbocycles. The number of halogens is 1. The molecule has 5 heteroatoms. The second kappa shape index (κ2) is 5.76. The van der Waals surface area contributed by atoms with Crippen molar-refractivity contribution in [3.63, 3.8) is 0 Å². The van der Waals surface area contributed by atoms with E-state index < -0.39 is 10.8 Å². The van der Waals surface area contributed by atoms with Crippen LogP contribution in [-0.2, 0) is 16.6 Å². The molecule has 0 bridgehead atoms. The van der Waals surface area contributed by atoms with Crippen LogP contribution in [-0.4, -0.2) is 9.19 Å². The van der Waals surface area contributed by atoms with Gasteiger partial charge in [0.05, 0.1) is 16.6 Å². The van der Waals surface area contributed by atoms with Crippen molar-refractivity contribution in [1.29, 1.82) is 5.26 Å². The Morgan fingerprint density at radius 3 is 2.67 bits per heavy atom. The highest BCUT2D eigenvalue weighted by atomic mass is 35.5. The minimum atomic E-state index is -1.20. The minimum absolute atomic E-state index is 0.276. The lowest BCUT2D eigenvalue weighted by Gasteiger charge is -2.03. The van der Waals surface area contributed by atoms with Crippen LogP contribution in [0, 0.1) is 11.3 Å². The Labute approximate surface area is 113 Å². The number of hydrogen-bond acceptors (Lipinski definition) is 3. The predicted molar refractivity (Wildman–Crippen MR) is 70.5 cm³/mol. The molecule has 0 saturated carbocycles. The molecule has 1 unspecified atom stereocenters. The van der Waals surface area contributed by atoms with Crippen LogP contribution in [0.1, 0.15) is 11.3 Å². The van der Waals surface area contributed by atoms with Crippen molar-refractivity contribution in [3.05, 3.63) is 58.9 Å². The van der Waals surface area contributed by atoms with E-state index in [1.54, 1.807) is 42.6 Å². The minimum Gasteiger partial charge on any atom is -0.254 e. The smallest absolute Gasteiger partial charge is 0.144 e. The fourth-order valence-electron chi connectivity index (χ4n) is 1.47. The number of pyridine rings is 1. The second-order valence-electron chi connectivity index (χ2n) is 3.57. The van der Waals surface area contributed by atoms with E-state index in [-0.39, 0.29) is 5.75 Å². The molecule has 0 spiro atoms. The zero-order valence-corrected chi connectivity index (χ0v) is 10.9. The van der Waals surface area contributed by atoms with Gasteiger partial charge in [-0.1, -0.05) is 17.7 Å². The SMILES string of the molecule is N#Cc1ncccc1CS(=O)c1ccc(Cl)cc1. The molecule has 1 atom stereocenters. The number of nitriles is 1. The van der Waals surface area contributed by atoms with Crippen LogP contribution in [0.25, 0.3) is 0 Å². The van der Waals surface area contributed by atoms with Crippen molar-refractivity contribution in [2.45, 2.75) is 10.6 Å². The number of nitrogens with zero attached hydrogens (tertiary/aromatic N) is 2. The fourth-order valence-corrected chi connectivity index (χ4v) is 2.71. The van der Waals surface area contributed by atoms with Gasteiger partial charge in [-0.3, -0.25) is 4.21 Å². The molecule has 0 aliphatic rings. The third-order valence-corrected chi connectivity index (χ3v) is 3.98. The number of aromatic nitrogens is 1. The molecule has 1 heterocycles. The molecule has 90 valence electrons. The van der Waals surface area contributed by atoms with Crippen molar-refractivity contribution in [3.8, 4) is 6.07 Å². The third-order valence-electron chi connectivity index (χ3n) is 2.36. The Kier molecular flexibility index (Phi) is 4.08. The van der Waals surface area contributed by atoms with Crippen molar-refractivity contribution < 1.29 is 4.21 Å². The Morgan fingerprint density at radius 1 is 1.28 bits per heavy atom. The summed E-state index contributed by atoms with van der Waals surface area (Å²) in [6.07, 6.45) is 1.55. The Morgan fingerprint density at radius 2 is 2.00 bits per heavy atom. The van der Waals surface area contributed by atoms with Gasteiger partial charge in [0.15, 0.2) is 0 Å². The van der Waals surface area contributed by atoms with Gasteiger partial charge in [-0.2, -0.15) is 5.26 Å². The van der Waals surface area contributed by atoms with Gasteiger partial charge < -0.3 is 0 Å². The van der Waals surface area contributed by atoms with Gasteiger partial charge in [-0.15, -0.1) is 0 Å². The van der Waals surface area contributed by atoms with Crippen LogP contribution < -0.4 is 0 Å². The maximum atomic E-state index is 12.1. The quantitative estimate of drug-likeness (QED) is 0.866. The first-order chi connectivity index (χ1) is 8.70. The number of hydrogen-bond donors (Lipinski definition) is 0. The van der Waals surface area contributed by atoms with Crippen molar-refractivity contribution in [2.24, 2.45) is 0 Å². The third kappa shape index (κ3) is 2.95. The maximum absolute atomic E-state index is 12.1. The molecule has 0 radical (unpaired) electrons. The lowest BCUT2D eigenvalue weighted by molar-refractivity contribution is 0.682. The molecule has 0 fully saturated rings. The molecule has 0 amide bonds. The van der Waals surface area contributed by atoms with Crippen LogP contribution in [0.2, 0.25) is 5.02 Å².